The van der Waals surface area contributed by atoms with Gasteiger partial charge in [-0.2, -0.15) is 4.31 Å². The Morgan fingerprint density at radius 1 is 1.15 bits per heavy atom. The molecule has 1 aliphatic heterocycles. The Balaban J connectivity index is 2.24. The molecule has 1 heterocycles. The van der Waals surface area contributed by atoms with Crippen LogP contribution in [0.1, 0.15) is 43.0 Å². The number of carbonyl (C=O) groups excluding carboxylic acids is 1. The van der Waals surface area contributed by atoms with E-state index in [0.29, 0.717) is 31.7 Å². The van der Waals surface area contributed by atoms with Crippen LogP contribution in [0.4, 0.5) is 0 Å². The average molecular weight is 384 g/mol. The fraction of sp³-hybridized carbons (Fsp3) is 0.611. The molecule has 7 nitrogen and oxygen atoms in total. The van der Waals surface area contributed by atoms with Crippen molar-refractivity contribution in [1.29, 1.82) is 0 Å². The number of amides is 1. The monoisotopic (exact) mass is 383 g/mol. The summed E-state index contributed by atoms with van der Waals surface area (Å²) in [5.41, 5.74) is 0.315. The van der Waals surface area contributed by atoms with Gasteiger partial charge >= 0.3 is 0 Å². The number of methoxy groups -OCH3 is 1. The highest BCUT2D eigenvalue weighted by Crippen LogP contribution is 2.29. The summed E-state index contributed by atoms with van der Waals surface area (Å²) < 4.78 is 33.0. The average Bonchev–Trinajstić information content (AvgIpc) is 2.94. The zero-order chi connectivity index (χ0) is 19.0. The number of nitrogens with one attached hydrogen (secondary N) is 2. The van der Waals surface area contributed by atoms with Crippen LogP contribution in [0.2, 0.25) is 0 Å². The molecule has 0 atom stereocenters. The van der Waals surface area contributed by atoms with Crippen molar-refractivity contribution < 1.29 is 17.9 Å². The summed E-state index contributed by atoms with van der Waals surface area (Å²) in [6.45, 7) is 4.97. The van der Waals surface area contributed by atoms with Crippen LogP contribution in [0.15, 0.2) is 23.1 Å². The van der Waals surface area contributed by atoms with Gasteiger partial charge in [0.25, 0.3) is 5.91 Å². The number of hydrogen-bond acceptors (Lipinski definition) is 5. The maximum atomic E-state index is 13.1. The summed E-state index contributed by atoms with van der Waals surface area (Å²) in [6, 6.07) is 4.55. The van der Waals surface area contributed by atoms with Gasteiger partial charge in [-0.25, -0.2) is 8.42 Å². The lowest BCUT2D eigenvalue weighted by atomic mass is 10.2. The van der Waals surface area contributed by atoms with Crippen molar-refractivity contribution in [2.45, 2.75) is 37.5 Å². The molecule has 1 saturated heterocycles. The Morgan fingerprint density at radius 3 is 2.46 bits per heavy atom. The van der Waals surface area contributed by atoms with Crippen molar-refractivity contribution in [2.24, 2.45) is 0 Å². The minimum absolute atomic E-state index is 0.0567. The molecule has 1 fully saturated rings. The minimum Gasteiger partial charge on any atom is -0.495 e. The van der Waals surface area contributed by atoms with E-state index in [1.165, 1.54) is 17.5 Å². The van der Waals surface area contributed by atoms with Crippen LogP contribution in [-0.4, -0.2) is 58.5 Å². The number of nitrogens with zero attached hydrogens (tertiary/aromatic N) is 1. The second-order valence-corrected chi connectivity index (χ2v) is 8.20. The van der Waals surface area contributed by atoms with Gasteiger partial charge in [0, 0.05) is 31.7 Å². The summed E-state index contributed by atoms with van der Waals surface area (Å²) in [4.78, 5) is 12.4. The zero-order valence-corrected chi connectivity index (χ0v) is 16.4. The molecular formula is C18H29N3O4S. The molecule has 0 aliphatic carbocycles. The minimum atomic E-state index is -3.70. The van der Waals surface area contributed by atoms with Gasteiger partial charge in [0.05, 0.1) is 7.11 Å². The molecule has 1 amide bonds. The lowest BCUT2D eigenvalue weighted by Gasteiger charge is -2.21. The molecule has 8 heteroatoms. The third-order valence-electron chi connectivity index (χ3n) is 4.45. The summed E-state index contributed by atoms with van der Waals surface area (Å²) in [5, 5.41) is 5.91. The predicted molar refractivity (Wildman–Crippen MR) is 101 cm³/mol. The quantitative estimate of drug-likeness (QED) is 0.666. The van der Waals surface area contributed by atoms with Gasteiger partial charge in [0.15, 0.2) is 0 Å². The van der Waals surface area contributed by atoms with E-state index >= 15 is 0 Å². The van der Waals surface area contributed by atoms with Crippen LogP contribution >= 0.6 is 0 Å². The highest BCUT2D eigenvalue weighted by atomic mass is 32.2. The van der Waals surface area contributed by atoms with Crippen molar-refractivity contribution in [1.82, 2.24) is 14.9 Å². The summed E-state index contributed by atoms with van der Waals surface area (Å²) in [5.74, 6) is -0.0312. The number of likely N-dealkylation sites (N-methyl/N-ethyl adjacent to an activating group) is 1. The molecule has 0 radical (unpaired) electrons. The first-order valence-electron chi connectivity index (χ1n) is 9.17. The Labute approximate surface area is 156 Å². The van der Waals surface area contributed by atoms with E-state index in [1.54, 1.807) is 12.1 Å². The van der Waals surface area contributed by atoms with Gasteiger partial charge in [-0.05, 0) is 37.6 Å². The number of carbonyl (C=O) groups is 1. The first kappa shape index (κ1) is 20.7. The maximum absolute atomic E-state index is 13.1. The largest absolute Gasteiger partial charge is 0.495 e. The van der Waals surface area contributed by atoms with Crippen LogP contribution in [0.25, 0.3) is 0 Å². The third-order valence-corrected chi connectivity index (χ3v) is 6.37. The number of rotatable bonds is 8. The first-order chi connectivity index (χ1) is 12.5. The molecule has 0 saturated carbocycles. The molecule has 0 spiro atoms. The van der Waals surface area contributed by atoms with Crippen molar-refractivity contribution in [3.8, 4) is 5.75 Å². The molecule has 0 unspecified atom stereocenters. The molecule has 1 aromatic rings. The SMILES string of the molecule is CCNCCNC(=O)c1ccc(OC)c(S(=O)(=O)N2CCCCCC2)c1. The maximum Gasteiger partial charge on any atom is 0.251 e. The zero-order valence-electron chi connectivity index (χ0n) is 15.6. The summed E-state index contributed by atoms with van der Waals surface area (Å²) in [7, 11) is -2.26. The van der Waals surface area contributed by atoms with Gasteiger partial charge in [0.1, 0.15) is 10.6 Å². The van der Waals surface area contributed by atoms with E-state index < -0.39 is 10.0 Å². The molecule has 2 N–H and O–H groups in total. The third kappa shape index (κ3) is 5.18. The lowest BCUT2D eigenvalue weighted by molar-refractivity contribution is 0.0953. The van der Waals surface area contributed by atoms with Gasteiger partial charge in [0.2, 0.25) is 10.0 Å². The molecule has 146 valence electrons. The molecule has 1 aliphatic rings. The van der Waals surface area contributed by atoms with Crippen LogP contribution in [0.5, 0.6) is 5.75 Å². The van der Waals surface area contributed by atoms with Crippen molar-refractivity contribution in [3.05, 3.63) is 23.8 Å². The van der Waals surface area contributed by atoms with Gasteiger partial charge < -0.3 is 15.4 Å². The lowest BCUT2D eigenvalue weighted by Crippen LogP contribution is -2.33. The second-order valence-electron chi connectivity index (χ2n) is 6.29. The van der Waals surface area contributed by atoms with Crippen LogP contribution in [0.3, 0.4) is 0 Å². The van der Waals surface area contributed by atoms with E-state index in [2.05, 4.69) is 10.6 Å². The Morgan fingerprint density at radius 2 is 1.85 bits per heavy atom. The molecule has 1 aromatic carbocycles. The second kappa shape index (κ2) is 9.89. The highest BCUT2D eigenvalue weighted by molar-refractivity contribution is 7.89. The topological polar surface area (TPSA) is 87.7 Å². The van der Waals surface area contributed by atoms with E-state index in [-0.39, 0.29) is 16.6 Å². The number of hydrogen-bond donors (Lipinski definition) is 2. The fourth-order valence-corrected chi connectivity index (χ4v) is 4.68. The fourth-order valence-electron chi connectivity index (χ4n) is 2.98. The Bertz CT molecular complexity index is 698. The van der Waals surface area contributed by atoms with E-state index in [4.69, 9.17) is 4.74 Å². The predicted octanol–water partition coefficient (Wildman–Crippen LogP) is 1.60. The van der Waals surface area contributed by atoms with E-state index in [1.807, 2.05) is 6.92 Å². The number of benzene rings is 1. The van der Waals surface area contributed by atoms with Crippen LogP contribution < -0.4 is 15.4 Å². The molecule has 0 aromatic heterocycles. The smallest absolute Gasteiger partial charge is 0.251 e. The number of sulfonamides is 1. The molecular weight excluding hydrogens is 354 g/mol. The summed E-state index contributed by atoms with van der Waals surface area (Å²) in [6.07, 6.45) is 3.78. The molecule has 26 heavy (non-hydrogen) atoms. The van der Waals surface area contributed by atoms with Crippen molar-refractivity contribution in [3.63, 3.8) is 0 Å². The Hall–Kier alpha value is -1.64. The summed E-state index contributed by atoms with van der Waals surface area (Å²) >= 11 is 0. The van der Waals surface area contributed by atoms with E-state index in [0.717, 1.165) is 32.2 Å². The first-order valence-corrected chi connectivity index (χ1v) is 10.6. The van der Waals surface area contributed by atoms with E-state index in [9.17, 15) is 13.2 Å². The standard InChI is InChI=1S/C18H29N3O4S/c1-3-19-10-11-20-18(22)15-8-9-16(25-2)17(14-15)26(23,24)21-12-6-4-5-7-13-21/h8-9,14,19H,3-7,10-13H2,1-2H3,(H,20,22). The normalized spacial score (nSPS) is 16.1. The van der Waals surface area contributed by atoms with Crippen molar-refractivity contribution in [2.75, 3.05) is 39.8 Å². The highest BCUT2D eigenvalue weighted by Gasteiger charge is 2.29. The van der Waals surface area contributed by atoms with Crippen LogP contribution in [-0.2, 0) is 10.0 Å². The van der Waals surface area contributed by atoms with Gasteiger partial charge in [-0.1, -0.05) is 19.8 Å². The van der Waals surface area contributed by atoms with Crippen molar-refractivity contribution >= 4 is 15.9 Å². The van der Waals surface area contributed by atoms with Gasteiger partial charge in [-0.15, -0.1) is 0 Å². The molecule has 2 rings (SSSR count). The van der Waals surface area contributed by atoms with Crippen LogP contribution in [0, 0.1) is 0 Å². The molecule has 0 bridgehead atoms. The Kier molecular flexibility index (Phi) is 7.86. The number of ether oxygens (including phenoxy) is 1. The van der Waals surface area contributed by atoms with Gasteiger partial charge in [-0.3, -0.25) is 4.79 Å².